The summed E-state index contributed by atoms with van der Waals surface area (Å²) in [5.74, 6) is 0.163. The number of nitrogens with zero attached hydrogens (tertiary/aromatic N) is 3. The minimum Gasteiger partial charge on any atom is -0.459 e. The van der Waals surface area contributed by atoms with Gasteiger partial charge in [0.25, 0.3) is 0 Å². The summed E-state index contributed by atoms with van der Waals surface area (Å²) in [6.07, 6.45) is 4.16. The van der Waals surface area contributed by atoms with Crippen LogP contribution in [0.2, 0.25) is 0 Å². The van der Waals surface area contributed by atoms with E-state index in [1.54, 1.807) is 6.92 Å². The highest BCUT2D eigenvalue weighted by atomic mass is 16.5. The molecule has 0 N–H and O–H groups in total. The molecule has 1 heterocycles. The first-order chi connectivity index (χ1) is 6.72. The summed E-state index contributed by atoms with van der Waals surface area (Å²) in [4.78, 5) is 22.3. The van der Waals surface area contributed by atoms with E-state index in [-0.39, 0.29) is 6.10 Å². The average Bonchev–Trinajstić information content (AvgIpc) is 2.19. The van der Waals surface area contributed by atoms with Crippen molar-refractivity contribution < 1.29 is 9.53 Å². The fourth-order valence-corrected chi connectivity index (χ4v) is 0.914. The lowest BCUT2D eigenvalue weighted by molar-refractivity contribution is -0.142. The molecule has 0 saturated carbocycles. The van der Waals surface area contributed by atoms with Crippen molar-refractivity contribution in [3.8, 4) is 0 Å². The molecule has 0 amide bonds. The van der Waals surface area contributed by atoms with Crippen molar-refractivity contribution in [2.24, 2.45) is 0 Å². The van der Waals surface area contributed by atoms with Crippen LogP contribution in [0.1, 0.15) is 12.7 Å². The summed E-state index contributed by atoms with van der Waals surface area (Å²) in [6.45, 7) is 5.07. The highest BCUT2D eigenvalue weighted by molar-refractivity contribution is 5.81. The summed E-state index contributed by atoms with van der Waals surface area (Å²) < 4.78 is 4.95. The van der Waals surface area contributed by atoms with Gasteiger partial charge in [-0.3, -0.25) is 0 Å². The Balaban J connectivity index is 2.45. The van der Waals surface area contributed by atoms with E-state index in [2.05, 4.69) is 21.5 Å². The first-order valence-electron chi connectivity index (χ1n) is 4.16. The molecule has 0 aliphatic rings. The van der Waals surface area contributed by atoms with Crippen LogP contribution in [0.15, 0.2) is 25.3 Å². The molecule has 0 aromatic carbocycles. The van der Waals surface area contributed by atoms with Crippen LogP contribution in [-0.2, 0) is 16.0 Å². The van der Waals surface area contributed by atoms with Crippen molar-refractivity contribution in [3.63, 3.8) is 0 Å². The Morgan fingerprint density at radius 3 is 2.86 bits per heavy atom. The highest BCUT2D eigenvalue weighted by Crippen LogP contribution is 1.99. The van der Waals surface area contributed by atoms with Crippen LogP contribution in [-0.4, -0.2) is 27.0 Å². The van der Waals surface area contributed by atoms with Crippen LogP contribution in [0.5, 0.6) is 0 Å². The molecule has 0 spiro atoms. The molecule has 5 heteroatoms. The molecule has 1 atom stereocenters. The molecule has 0 saturated heterocycles. The number of rotatable bonds is 4. The van der Waals surface area contributed by atoms with E-state index < -0.39 is 5.97 Å². The number of hydrogen-bond acceptors (Lipinski definition) is 5. The third-order valence-electron chi connectivity index (χ3n) is 1.50. The highest BCUT2D eigenvalue weighted by Gasteiger charge is 2.08. The first kappa shape index (κ1) is 10.3. The van der Waals surface area contributed by atoms with Crippen LogP contribution in [0.25, 0.3) is 0 Å². The lowest BCUT2D eigenvalue weighted by Crippen LogP contribution is -2.17. The van der Waals surface area contributed by atoms with Crippen molar-refractivity contribution in [3.05, 3.63) is 31.1 Å². The van der Waals surface area contributed by atoms with E-state index >= 15 is 0 Å². The Labute approximate surface area is 81.9 Å². The van der Waals surface area contributed by atoms with Gasteiger partial charge in [-0.1, -0.05) is 6.58 Å². The molecule has 1 aromatic rings. The second kappa shape index (κ2) is 5.06. The molecular formula is C9H11N3O2. The van der Waals surface area contributed by atoms with Crippen LogP contribution in [0, 0.1) is 0 Å². The largest absolute Gasteiger partial charge is 0.459 e. The molecule has 1 aromatic heterocycles. The quantitative estimate of drug-likeness (QED) is 0.515. The van der Waals surface area contributed by atoms with Gasteiger partial charge in [-0.05, 0) is 6.92 Å². The van der Waals surface area contributed by atoms with Crippen LogP contribution in [0.4, 0.5) is 0 Å². The number of esters is 1. The predicted octanol–water partition coefficient (Wildman–Crippen LogP) is 0.532. The minimum atomic E-state index is -0.438. The lowest BCUT2D eigenvalue weighted by atomic mass is 10.3. The van der Waals surface area contributed by atoms with Crippen LogP contribution >= 0.6 is 0 Å². The van der Waals surface area contributed by atoms with Crippen molar-refractivity contribution in [2.75, 3.05) is 0 Å². The summed E-state index contributed by atoms with van der Waals surface area (Å²) in [6, 6.07) is 0. The van der Waals surface area contributed by atoms with Gasteiger partial charge in [-0.25, -0.2) is 19.7 Å². The molecule has 0 bridgehead atoms. The lowest BCUT2D eigenvalue weighted by Gasteiger charge is -2.09. The van der Waals surface area contributed by atoms with Gasteiger partial charge in [0.15, 0.2) is 0 Å². The Kier molecular flexibility index (Phi) is 3.72. The second-order valence-corrected chi connectivity index (χ2v) is 2.71. The zero-order valence-corrected chi connectivity index (χ0v) is 7.88. The molecule has 0 radical (unpaired) electrons. The van der Waals surface area contributed by atoms with E-state index in [9.17, 15) is 4.79 Å². The second-order valence-electron chi connectivity index (χ2n) is 2.71. The maximum absolute atomic E-state index is 10.8. The van der Waals surface area contributed by atoms with E-state index in [0.717, 1.165) is 6.08 Å². The SMILES string of the molecule is C=CC(=O)OC(C)Cc1ncncn1. The molecule has 74 valence electrons. The van der Waals surface area contributed by atoms with Gasteiger partial charge in [0.1, 0.15) is 24.6 Å². The Bertz CT molecular complexity index is 313. The molecular weight excluding hydrogens is 182 g/mol. The average molecular weight is 193 g/mol. The Morgan fingerprint density at radius 1 is 1.64 bits per heavy atom. The summed E-state index contributed by atoms with van der Waals surface area (Å²) in [5, 5.41) is 0. The normalized spacial score (nSPS) is 11.8. The topological polar surface area (TPSA) is 65.0 Å². The van der Waals surface area contributed by atoms with E-state index in [4.69, 9.17) is 4.74 Å². The van der Waals surface area contributed by atoms with Gasteiger partial charge < -0.3 is 4.74 Å². The third-order valence-corrected chi connectivity index (χ3v) is 1.50. The Morgan fingerprint density at radius 2 is 2.29 bits per heavy atom. The Hall–Kier alpha value is -1.78. The molecule has 0 fully saturated rings. The summed E-state index contributed by atoms with van der Waals surface area (Å²) >= 11 is 0. The number of hydrogen-bond donors (Lipinski definition) is 0. The summed E-state index contributed by atoms with van der Waals surface area (Å²) in [7, 11) is 0. The van der Waals surface area contributed by atoms with Gasteiger partial charge in [0, 0.05) is 12.5 Å². The van der Waals surface area contributed by atoms with Crippen molar-refractivity contribution >= 4 is 5.97 Å². The molecule has 0 aliphatic carbocycles. The minimum absolute atomic E-state index is 0.261. The third kappa shape index (κ3) is 3.30. The summed E-state index contributed by atoms with van der Waals surface area (Å²) in [5.41, 5.74) is 0. The maximum Gasteiger partial charge on any atom is 0.330 e. The maximum atomic E-state index is 10.8. The monoisotopic (exact) mass is 193 g/mol. The fourth-order valence-electron chi connectivity index (χ4n) is 0.914. The fraction of sp³-hybridized carbons (Fsp3) is 0.333. The number of aromatic nitrogens is 3. The van der Waals surface area contributed by atoms with Gasteiger partial charge in [-0.2, -0.15) is 0 Å². The molecule has 1 rings (SSSR count). The molecule has 0 aliphatic heterocycles. The standard InChI is InChI=1S/C9H11N3O2/c1-3-9(13)14-7(2)4-8-11-5-10-6-12-8/h3,5-7H,1,4H2,2H3. The van der Waals surface area contributed by atoms with Crippen LogP contribution < -0.4 is 0 Å². The predicted molar refractivity (Wildman–Crippen MR) is 49.3 cm³/mol. The van der Waals surface area contributed by atoms with E-state index in [1.807, 2.05) is 0 Å². The van der Waals surface area contributed by atoms with Gasteiger partial charge in [-0.15, -0.1) is 0 Å². The smallest absolute Gasteiger partial charge is 0.330 e. The van der Waals surface area contributed by atoms with Gasteiger partial charge in [0.2, 0.25) is 0 Å². The first-order valence-corrected chi connectivity index (χ1v) is 4.16. The van der Waals surface area contributed by atoms with Crippen molar-refractivity contribution in [2.45, 2.75) is 19.4 Å². The van der Waals surface area contributed by atoms with Crippen LogP contribution in [0.3, 0.4) is 0 Å². The van der Waals surface area contributed by atoms with E-state index in [0.29, 0.717) is 12.2 Å². The molecule has 14 heavy (non-hydrogen) atoms. The van der Waals surface area contributed by atoms with E-state index in [1.165, 1.54) is 12.7 Å². The molecule has 5 nitrogen and oxygen atoms in total. The zero-order valence-electron chi connectivity index (χ0n) is 7.88. The van der Waals surface area contributed by atoms with Crippen molar-refractivity contribution in [1.29, 1.82) is 0 Å². The number of carbonyl (C=O) groups excluding carboxylic acids is 1. The van der Waals surface area contributed by atoms with Gasteiger partial charge in [0.05, 0.1) is 0 Å². The molecule has 1 unspecified atom stereocenters. The number of ether oxygens (including phenoxy) is 1. The van der Waals surface area contributed by atoms with Gasteiger partial charge >= 0.3 is 5.97 Å². The zero-order chi connectivity index (χ0) is 10.4. The number of carbonyl (C=O) groups is 1. The van der Waals surface area contributed by atoms with Crippen molar-refractivity contribution in [1.82, 2.24) is 15.0 Å².